The lowest BCUT2D eigenvalue weighted by Gasteiger charge is -2.32. The molecule has 1 amide bonds. The molecule has 26 heavy (non-hydrogen) atoms. The molecule has 1 aromatic carbocycles. The molecule has 2 aliphatic heterocycles. The van der Waals surface area contributed by atoms with E-state index in [1.165, 1.54) is 0 Å². The highest BCUT2D eigenvalue weighted by Crippen LogP contribution is 2.33. The summed E-state index contributed by atoms with van der Waals surface area (Å²) in [5.74, 6) is 2.64. The molecule has 0 radical (unpaired) electrons. The fraction of sp³-hybridized carbons (Fsp3) is 0.474. The summed E-state index contributed by atoms with van der Waals surface area (Å²) in [6.07, 6.45) is 5.81. The number of hydrogen-bond donors (Lipinski definition) is 0. The normalized spacial score (nSPS) is 19.0. The highest BCUT2D eigenvalue weighted by Gasteiger charge is 2.28. The second kappa shape index (κ2) is 7.37. The van der Waals surface area contributed by atoms with Gasteiger partial charge in [-0.05, 0) is 31.0 Å². The Morgan fingerprint density at radius 1 is 1.35 bits per heavy atom. The van der Waals surface area contributed by atoms with Crippen LogP contribution in [0.15, 0.2) is 30.6 Å². The van der Waals surface area contributed by atoms with Crippen molar-refractivity contribution in [2.45, 2.75) is 25.3 Å². The summed E-state index contributed by atoms with van der Waals surface area (Å²) in [4.78, 5) is 19.4. The van der Waals surface area contributed by atoms with Crippen LogP contribution < -0.4 is 9.47 Å². The van der Waals surface area contributed by atoms with Gasteiger partial charge in [-0.3, -0.25) is 4.79 Å². The zero-order chi connectivity index (χ0) is 17.9. The molecular weight excluding hydrogens is 334 g/mol. The number of rotatable bonds is 5. The van der Waals surface area contributed by atoms with Crippen LogP contribution in [0.5, 0.6) is 11.5 Å². The molecule has 4 rings (SSSR count). The summed E-state index contributed by atoms with van der Waals surface area (Å²) in [7, 11) is 1.70. The van der Waals surface area contributed by atoms with Crippen molar-refractivity contribution in [3.63, 3.8) is 0 Å². The molecule has 2 aliphatic rings. The monoisotopic (exact) mass is 357 g/mol. The topological polar surface area (TPSA) is 65.8 Å². The smallest absolute Gasteiger partial charge is 0.254 e. The van der Waals surface area contributed by atoms with Crippen LogP contribution in [-0.4, -0.2) is 54.0 Å². The number of likely N-dealkylation sites (tertiary alicyclic amines) is 1. The number of amides is 1. The number of imidazole rings is 1. The van der Waals surface area contributed by atoms with Crippen LogP contribution in [-0.2, 0) is 11.3 Å². The number of hydrogen-bond acceptors (Lipinski definition) is 5. The summed E-state index contributed by atoms with van der Waals surface area (Å²) in [5, 5.41) is 0. The van der Waals surface area contributed by atoms with E-state index in [2.05, 4.69) is 9.55 Å². The number of benzene rings is 1. The molecule has 0 N–H and O–H groups in total. The molecule has 1 aromatic heterocycles. The molecule has 7 nitrogen and oxygen atoms in total. The average Bonchev–Trinajstić information content (AvgIpc) is 3.34. The lowest BCUT2D eigenvalue weighted by molar-refractivity contribution is 0.0702. The molecule has 1 saturated heterocycles. The van der Waals surface area contributed by atoms with E-state index >= 15 is 0 Å². The molecule has 0 saturated carbocycles. The van der Waals surface area contributed by atoms with E-state index in [4.69, 9.17) is 14.2 Å². The summed E-state index contributed by atoms with van der Waals surface area (Å²) < 4.78 is 18.0. The standard InChI is InChI=1S/C19H23N3O4/c1-24-10-9-21-8-6-20-18(21)15-3-2-7-22(12-15)19(23)14-4-5-16-17(11-14)26-13-25-16/h4-6,8,11,15H,2-3,7,9-10,12-13H2,1H3. The van der Waals surface area contributed by atoms with E-state index in [9.17, 15) is 4.79 Å². The third-order valence-corrected chi connectivity index (χ3v) is 4.98. The van der Waals surface area contributed by atoms with Crippen molar-refractivity contribution in [1.82, 2.24) is 14.5 Å². The molecule has 1 unspecified atom stereocenters. The van der Waals surface area contributed by atoms with Gasteiger partial charge in [-0.2, -0.15) is 0 Å². The number of aromatic nitrogens is 2. The zero-order valence-electron chi connectivity index (χ0n) is 14.9. The van der Waals surface area contributed by atoms with Crippen LogP contribution in [0.1, 0.15) is 34.9 Å². The highest BCUT2D eigenvalue weighted by atomic mass is 16.7. The third-order valence-electron chi connectivity index (χ3n) is 4.98. The van der Waals surface area contributed by atoms with Crippen molar-refractivity contribution in [2.24, 2.45) is 0 Å². The minimum Gasteiger partial charge on any atom is -0.454 e. The van der Waals surface area contributed by atoms with Crippen LogP contribution in [0, 0.1) is 0 Å². The predicted molar refractivity (Wildman–Crippen MR) is 94.5 cm³/mol. The van der Waals surface area contributed by atoms with Gasteiger partial charge in [-0.25, -0.2) is 4.98 Å². The first-order valence-electron chi connectivity index (χ1n) is 8.95. The zero-order valence-corrected chi connectivity index (χ0v) is 14.9. The Balaban J connectivity index is 1.48. The van der Waals surface area contributed by atoms with Gasteiger partial charge in [0.25, 0.3) is 5.91 Å². The van der Waals surface area contributed by atoms with Crippen LogP contribution in [0.25, 0.3) is 0 Å². The quantitative estimate of drug-likeness (QED) is 0.821. The number of piperidine rings is 1. The molecular formula is C19H23N3O4. The van der Waals surface area contributed by atoms with Gasteiger partial charge in [0, 0.05) is 50.6 Å². The van der Waals surface area contributed by atoms with Gasteiger partial charge < -0.3 is 23.7 Å². The maximum absolute atomic E-state index is 13.0. The first kappa shape index (κ1) is 16.9. The first-order chi connectivity index (χ1) is 12.8. The molecule has 0 aliphatic carbocycles. The predicted octanol–water partition coefficient (Wildman–Crippen LogP) is 2.28. The number of carbonyl (C=O) groups excluding carboxylic acids is 1. The Hall–Kier alpha value is -2.54. The summed E-state index contributed by atoms with van der Waals surface area (Å²) in [6, 6.07) is 5.38. The van der Waals surface area contributed by atoms with E-state index in [-0.39, 0.29) is 18.6 Å². The molecule has 0 spiro atoms. The van der Waals surface area contributed by atoms with Crippen molar-refractivity contribution in [3.05, 3.63) is 42.0 Å². The molecule has 2 aromatic rings. The number of carbonyl (C=O) groups is 1. The van der Waals surface area contributed by atoms with Gasteiger partial charge in [-0.15, -0.1) is 0 Å². The minimum atomic E-state index is 0.0306. The van der Waals surface area contributed by atoms with Crippen molar-refractivity contribution < 1.29 is 19.0 Å². The highest BCUT2D eigenvalue weighted by molar-refractivity contribution is 5.95. The van der Waals surface area contributed by atoms with Gasteiger partial charge in [-0.1, -0.05) is 0 Å². The first-order valence-corrected chi connectivity index (χ1v) is 8.95. The molecule has 7 heteroatoms. The minimum absolute atomic E-state index is 0.0306. The summed E-state index contributed by atoms with van der Waals surface area (Å²) in [5.41, 5.74) is 0.637. The SMILES string of the molecule is COCCn1ccnc1C1CCCN(C(=O)c2ccc3c(c2)OCO3)C1. The largest absolute Gasteiger partial charge is 0.454 e. The van der Waals surface area contributed by atoms with Gasteiger partial charge >= 0.3 is 0 Å². The molecule has 3 heterocycles. The maximum atomic E-state index is 13.0. The van der Waals surface area contributed by atoms with Gasteiger partial charge in [0.05, 0.1) is 6.61 Å². The Morgan fingerprint density at radius 3 is 3.12 bits per heavy atom. The average molecular weight is 357 g/mol. The number of fused-ring (bicyclic) bond motifs is 1. The lowest BCUT2D eigenvalue weighted by atomic mass is 9.96. The van der Waals surface area contributed by atoms with E-state index in [1.807, 2.05) is 17.3 Å². The van der Waals surface area contributed by atoms with Crippen LogP contribution in [0.4, 0.5) is 0 Å². The summed E-state index contributed by atoms with van der Waals surface area (Å²) in [6.45, 7) is 3.08. The lowest BCUT2D eigenvalue weighted by Crippen LogP contribution is -2.39. The third kappa shape index (κ3) is 3.26. The molecule has 138 valence electrons. The van der Waals surface area contributed by atoms with Gasteiger partial charge in [0.15, 0.2) is 11.5 Å². The van der Waals surface area contributed by atoms with Crippen molar-refractivity contribution in [1.29, 1.82) is 0 Å². The number of ether oxygens (including phenoxy) is 3. The second-order valence-electron chi connectivity index (χ2n) is 6.63. The van der Waals surface area contributed by atoms with E-state index in [0.29, 0.717) is 30.2 Å². The fourth-order valence-corrected chi connectivity index (χ4v) is 3.64. The molecule has 1 atom stereocenters. The summed E-state index contributed by atoms with van der Waals surface area (Å²) >= 11 is 0. The Bertz CT molecular complexity index is 789. The van der Waals surface area contributed by atoms with E-state index in [1.54, 1.807) is 25.3 Å². The van der Waals surface area contributed by atoms with Crippen LogP contribution in [0.3, 0.4) is 0 Å². The van der Waals surface area contributed by atoms with Crippen molar-refractivity contribution in [2.75, 3.05) is 33.6 Å². The Labute approximate surface area is 152 Å². The Morgan fingerprint density at radius 2 is 2.23 bits per heavy atom. The molecule has 1 fully saturated rings. The maximum Gasteiger partial charge on any atom is 0.254 e. The number of nitrogens with zero attached hydrogens (tertiary/aromatic N) is 3. The van der Waals surface area contributed by atoms with E-state index in [0.717, 1.165) is 31.8 Å². The van der Waals surface area contributed by atoms with Crippen molar-refractivity contribution >= 4 is 5.91 Å². The van der Waals surface area contributed by atoms with E-state index < -0.39 is 0 Å². The Kier molecular flexibility index (Phi) is 4.79. The van der Waals surface area contributed by atoms with Crippen molar-refractivity contribution in [3.8, 4) is 11.5 Å². The second-order valence-corrected chi connectivity index (χ2v) is 6.63. The fourth-order valence-electron chi connectivity index (χ4n) is 3.64. The van der Waals surface area contributed by atoms with Crippen LogP contribution in [0.2, 0.25) is 0 Å². The number of methoxy groups -OCH3 is 1. The van der Waals surface area contributed by atoms with Gasteiger partial charge in [0.1, 0.15) is 5.82 Å². The van der Waals surface area contributed by atoms with Crippen LogP contribution >= 0.6 is 0 Å². The van der Waals surface area contributed by atoms with Gasteiger partial charge in [0.2, 0.25) is 6.79 Å². The molecule has 0 bridgehead atoms.